The molecular formula is C22H24N2O3S. The number of para-hydroxylation sites is 1. The zero-order chi connectivity index (χ0) is 20.1. The van der Waals surface area contributed by atoms with Crippen molar-refractivity contribution in [3.8, 4) is 0 Å². The lowest BCUT2D eigenvalue weighted by Crippen LogP contribution is -2.31. The van der Waals surface area contributed by atoms with Crippen LogP contribution >= 0.6 is 11.3 Å². The molecule has 0 aliphatic rings. The number of esters is 1. The molecule has 0 saturated heterocycles. The number of thiazole rings is 1. The maximum atomic E-state index is 12.3. The summed E-state index contributed by atoms with van der Waals surface area (Å²) in [6.07, 6.45) is 0.735. The van der Waals surface area contributed by atoms with Crippen molar-refractivity contribution in [1.82, 2.24) is 9.88 Å². The number of fused-ring (bicyclic) bond motifs is 1. The molecule has 0 N–H and O–H groups in total. The van der Waals surface area contributed by atoms with E-state index in [1.165, 1.54) is 5.56 Å². The second-order valence-corrected chi connectivity index (χ2v) is 8.03. The van der Waals surface area contributed by atoms with E-state index in [0.29, 0.717) is 13.0 Å². The van der Waals surface area contributed by atoms with Crippen molar-refractivity contribution in [2.24, 2.45) is 0 Å². The van der Waals surface area contributed by atoms with E-state index >= 15 is 0 Å². The van der Waals surface area contributed by atoms with E-state index in [0.717, 1.165) is 26.4 Å². The fourth-order valence-electron chi connectivity index (χ4n) is 2.93. The molecule has 2 aromatic carbocycles. The Bertz CT molecular complexity index is 963. The van der Waals surface area contributed by atoms with Crippen LogP contribution in [0.1, 0.15) is 28.1 Å². The summed E-state index contributed by atoms with van der Waals surface area (Å²) in [7, 11) is 1.72. The Kier molecular flexibility index (Phi) is 6.41. The molecule has 0 saturated carbocycles. The normalized spacial score (nSPS) is 10.8. The van der Waals surface area contributed by atoms with Crippen molar-refractivity contribution >= 4 is 33.4 Å². The molecule has 0 bridgehead atoms. The lowest BCUT2D eigenvalue weighted by Gasteiger charge is -2.18. The number of ether oxygens (including phenoxy) is 1. The van der Waals surface area contributed by atoms with Crippen molar-refractivity contribution < 1.29 is 14.3 Å². The monoisotopic (exact) mass is 396 g/mol. The zero-order valence-electron chi connectivity index (χ0n) is 16.4. The molecule has 28 heavy (non-hydrogen) atoms. The van der Waals surface area contributed by atoms with Crippen LogP contribution in [0.2, 0.25) is 0 Å². The fourth-order valence-corrected chi connectivity index (χ4v) is 3.89. The first-order chi connectivity index (χ1) is 13.4. The molecule has 1 amide bonds. The number of carbonyl (C=O) groups is 2. The van der Waals surface area contributed by atoms with Crippen LogP contribution in [0.4, 0.5) is 0 Å². The molecule has 0 aliphatic heterocycles. The molecule has 5 nitrogen and oxygen atoms in total. The minimum absolute atomic E-state index is 0.215. The molecule has 0 radical (unpaired) electrons. The maximum absolute atomic E-state index is 12.3. The van der Waals surface area contributed by atoms with E-state index in [-0.39, 0.29) is 24.9 Å². The lowest BCUT2D eigenvalue weighted by molar-refractivity contribution is -0.151. The summed E-state index contributed by atoms with van der Waals surface area (Å²) in [5.41, 5.74) is 4.37. The van der Waals surface area contributed by atoms with Gasteiger partial charge < -0.3 is 9.64 Å². The van der Waals surface area contributed by atoms with Crippen molar-refractivity contribution in [2.45, 2.75) is 33.2 Å². The minimum atomic E-state index is -0.382. The van der Waals surface area contributed by atoms with Crippen LogP contribution in [-0.4, -0.2) is 35.4 Å². The Labute approximate surface area is 169 Å². The molecule has 0 fully saturated rings. The van der Waals surface area contributed by atoms with Gasteiger partial charge in [0, 0.05) is 20.0 Å². The molecule has 0 atom stereocenters. The van der Waals surface area contributed by atoms with E-state index < -0.39 is 0 Å². The number of rotatable bonds is 7. The van der Waals surface area contributed by atoms with Crippen molar-refractivity contribution in [3.63, 3.8) is 0 Å². The summed E-state index contributed by atoms with van der Waals surface area (Å²) in [5, 5.41) is 0.899. The molecule has 3 aromatic rings. The number of hydrogen-bond donors (Lipinski definition) is 0. The second-order valence-electron chi connectivity index (χ2n) is 6.92. The van der Waals surface area contributed by atoms with Crippen LogP contribution in [0, 0.1) is 13.8 Å². The second kappa shape index (κ2) is 8.97. The third-order valence-electron chi connectivity index (χ3n) is 4.57. The SMILES string of the molecule is Cc1ccc(CN(C)C(=O)COC(=O)CCc2nc3ccccc3s2)c(C)c1. The Hall–Kier alpha value is -2.73. The van der Waals surface area contributed by atoms with Crippen LogP contribution < -0.4 is 0 Å². The number of hydrogen-bond acceptors (Lipinski definition) is 5. The number of likely N-dealkylation sites (N-methyl/N-ethyl adjacent to an activating group) is 1. The van der Waals surface area contributed by atoms with Gasteiger partial charge in [0.1, 0.15) is 0 Å². The van der Waals surface area contributed by atoms with Crippen LogP contribution in [0.5, 0.6) is 0 Å². The number of aromatic nitrogens is 1. The van der Waals surface area contributed by atoms with Gasteiger partial charge in [0.15, 0.2) is 6.61 Å². The van der Waals surface area contributed by atoms with E-state index in [2.05, 4.69) is 11.1 Å². The van der Waals surface area contributed by atoms with E-state index in [4.69, 9.17) is 4.74 Å². The highest BCUT2D eigenvalue weighted by Gasteiger charge is 2.14. The Morgan fingerprint density at radius 1 is 1.14 bits per heavy atom. The summed E-state index contributed by atoms with van der Waals surface area (Å²) in [6, 6.07) is 14.0. The number of benzene rings is 2. The summed E-state index contributed by atoms with van der Waals surface area (Å²) < 4.78 is 6.26. The minimum Gasteiger partial charge on any atom is -0.456 e. The molecule has 0 spiro atoms. The van der Waals surface area contributed by atoms with Crippen molar-refractivity contribution in [2.75, 3.05) is 13.7 Å². The molecule has 6 heteroatoms. The average Bonchev–Trinajstić information content (AvgIpc) is 3.09. The van der Waals surface area contributed by atoms with Gasteiger partial charge in [0.2, 0.25) is 0 Å². The average molecular weight is 397 g/mol. The van der Waals surface area contributed by atoms with Gasteiger partial charge >= 0.3 is 5.97 Å². The molecule has 146 valence electrons. The smallest absolute Gasteiger partial charge is 0.306 e. The number of carbonyl (C=O) groups excluding carboxylic acids is 2. The molecular weight excluding hydrogens is 372 g/mol. The van der Waals surface area contributed by atoms with Gasteiger partial charge in [-0.1, -0.05) is 35.9 Å². The van der Waals surface area contributed by atoms with Gasteiger partial charge in [0.25, 0.3) is 5.91 Å². The van der Waals surface area contributed by atoms with Gasteiger partial charge in [-0.15, -0.1) is 11.3 Å². The van der Waals surface area contributed by atoms with Crippen molar-refractivity contribution in [1.29, 1.82) is 0 Å². The first kappa shape index (κ1) is 20.0. The first-order valence-corrected chi connectivity index (χ1v) is 10.0. The number of amides is 1. The van der Waals surface area contributed by atoms with Gasteiger partial charge in [-0.2, -0.15) is 0 Å². The van der Waals surface area contributed by atoms with Crippen LogP contribution in [0.3, 0.4) is 0 Å². The van der Waals surface area contributed by atoms with Crippen molar-refractivity contribution in [3.05, 3.63) is 64.2 Å². The zero-order valence-corrected chi connectivity index (χ0v) is 17.2. The highest BCUT2D eigenvalue weighted by molar-refractivity contribution is 7.18. The van der Waals surface area contributed by atoms with Crippen LogP contribution in [0.25, 0.3) is 10.2 Å². The van der Waals surface area contributed by atoms with Gasteiger partial charge in [-0.3, -0.25) is 9.59 Å². The van der Waals surface area contributed by atoms with E-state index in [1.807, 2.05) is 50.2 Å². The lowest BCUT2D eigenvalue weighted by atomic mass is 10.1. The highest BCUT2D eigenvalue weighted by Crippen LogP contribution is 2.22. The predicted octanol–water partition coefficient (Wildman–Crippen LogP) is 4.05. The summed E-state index contributed by atoms with van der Waals surface area (Å²) >= 11 is 1.58. The summed E-state index contributed by atoms with van der Waals surface area (Å²) in [6.45, 7) is 4.33. The Morgan fingerprint density at radius 3 is 2.68 bits per heavy atom. The third-order valence-corrected chi connectivity index (χ3v) is 5.67. The predicted molar refractivity (Wildman–Crippen MR) is 111 cm³/mol. The van der Waals surface area contributed by atoms with Gasteiger partial charge in [0.05, 0.1) is 21.6 Å². The van der Waals surface area contributed by atoms with E-state index in [1.54, 1.807) is 23.3 Å². The van der Waals surface area contributed by atoms with Gasteiger partial charge in [-0.05, 0) is 37.1 Å². The summed E-state index contributed by atoms with van der Waals surface area (Å²) in [4.78, 5) is 30.3. The topological polar surface area (TPSA) is 59.5 Å². The highest BCUT2D eigenvalue weighted by atomic mass is 32.1. The number of aryl methyl sites for hydroxylation is 3. The molecule has 1 heterocycles. The molecule has 0 aliphatic carbocycles. The van der Waals surface area contributed by atoms with Gasteiger partial charge in [-0.25, -0.2) is 4.98 Å². The van der Waals surface area contributed by atoms with Crippen LogP contribution in [0.15, 0.2) is 42.5 Å². The molecule has 0 unspecified atom stereocenters. The Balaban J connectivity index is 1.44. The fraction of sp³-hybridized carbons (Fsp3) is 0.318. The quantitative estimate of drug-likeness (QED) is 0.566. The molecule has 1 aromatic heterocycles. The largest absolute Gasteiger partial charge is 0.456 e. The summed E-state index contributed by atoms with van der Waals surface area (Å²) in [5.74, 6) is -0.596. The van der Waals surface area contributed by atoms with E-state index in [9.17, 15) is 9.59 Å². The standard InChI is InChI=1S/C22H24N2O3S/c1-15-8-9-17(16(2)12-15)13-24(3)21(25)14-27-22(26)11-10-20-23-18-6-4-5-7-19(18)28-20/h4-9,12H,10-11,13-14H2,1-3H3. The maximum Gasteiger partial charge on any atom is 0.306 e. The first-order valence-electron chi connectivity index (χ1n) is 9.22. The third kappa shape index (κ3) is 5.16. The number of nitrogens with zero attached hydrogens (tertiary/aromatic N) is 2. The van der Waals surface area contributed by atoms with Crippen LogP contribution in [-0.2, 0) is 27.3 Å². The molecule has 3 rings (SSSR count). The Morgan fingerprint density at radius 2 is 1.93 bits per heavy atom.